The van der Waals surface area contributed by atoms with Crippen LogP contribution in [0.5, 0.6) is 5.75 Å². The smallest absolute Gasteiger partial charge is 0.267 e. The molecular formula is C19H19NO3S. The molecule has 0 aromatic heterocycles. The maximum absolute atomic E-state index is 13.0. The molecule has 0 unspecified atom stereocenters. The zero-order valence-corrected chi connectivity index (χ0v) is 14.7. The number of benzene rings is 3. The molecule has 0 saturated heterocycles. The van der Waals surface area contributed by atoms with Crippen molar-refractivity contribution in [3.63, 3.8) is 0 Å². The van der Waals surface area contributed by atoms with Crippen LogP contribution in [0.1, 0.15) is 5.56 Å². The molecule has 24 heavy (non-hydrogen) atoms. The molecule has 0 heterocycles. The van der Waals surface area contributed by atoms with Crippen LogP contribution in [0.2, 0.25) is 0 Å². The van der Waals surface area contributed by atoms with Crippen molar-refractivity contribution in [2.24, 2.45) is 0 Å². The van der Waals surface area contributed by atoms with Crippen LogP contribution >= 0.6 is 0 Å². The second-order valence-electron chi connectivity index (χ2n) is 5.66. The molecular weight excluding hydrogens is 322 g/mol. The Morgan fingerprint density at radius 2 is 1.62 bits per heavy atom. The molecule has 0 amide bonds. The molecule has 3 aromatic carbocycles. The van der Waals surface area contributed by atoms with Gasteiger partial charge in [0.1, 0.15) is 10.6 Å². The normalized spacial score (nSPS) is 11.5. The van der Waals surface area contributed by atoms with Crippen LogP contribution in [0.25, 0.3) is 10.8 Å². The summed E-state index contributed by atoms with van der Waals surface area (Å²) in [6, 6.07) is 18.6. The Bertz CT molecular complexity index is 996. The highest BCUT2D eigenvalue weighted by molar-refractivity contribution is 7.92. The summed E-state index contributed by atoms with van der Waals surface area (Å²) in [5.41, 5.74) is 1.47. The first kappa shape index (κ1) is 16.3. The van der Waals surface area contributed by atoms with Crippen LogP contribution in [-0.4, -0.2) is 22.6 Å². The third-order valence-corrected chi connectivity index (χ3v) is 5.86. The standard InChI is InChI=1S/C19H19NO3S/c1-14-8-11-18(23-3)19(12-14)24(21,22)20(2)17-10-9-15-6-4-5-7-16(15)13-17/h4-13H,1-3H3. The number of sulfonamides is 1. The average Bonchev–Trinajstić information content (AvgIpc) is 2.60. The van der Waals surface area contributed by atoms with Crippen LogP contribution in [0, 0.1) is 6.92 Å². The Kier molecular flexibility index (Phi) is 4.20. The van der Waals surface area contributed by atoms with Crippen molar-refractivity contribution in [1.29, 1.82) is 0 Å². The molecule has 0 aliphatic carbocycles. The monoisotopic (exact) mass is 341 g/mol. The molecule has 124 valence electrons. The topological polar surface area (TPSA) is 46.6 Å². The fourth-order valence-electron chi connectivity index (χ4n) is 2.64. The van der Waals surface area contributed by atoms with Crippen LogP contribution in [0.4, 0.5) is 5.69 Å². The first-order valence-electron chi connectivity index (χ1n) is 7.56. The molecule has 3 aromatic rings. The first-order chi connectivity index (χ1) is 11.4. The number of hydrogen-bond donors (Lipinski definition) is 0. The number of methoxy groups -OCH3 is 1. The number of rotatable bonds is 4. The van der Waals surface area contributed by atoms with E-state index in [0.717, 1.165) is 16.3 Å². The van der Waals surface area contributed by atoms with Gasteiger partial charge in [-0.3, -0.25) is 4.31 Å². The molecule has 0 fully saturated rings. The second-order valence-corrected chi connectivity index (χ2v) is 7.60. The summed E-state index contributed by atoms with van der Waals surface area (Å²) in [5.74, 6) is 0.341. The largest absolute Gasteiger partial charge is 0.495 e. The number of aryl methyl sites for hydroxylation is 1. The van der Waals surface area contributed by atoms with Gasteiger partial charge in [-0.2, -0.15) is 0 Å². The number of fused-ring (bicyclic) bond motifs is 1. The van der Waals surface area contributed by atoms with Crippen LogP contribution < -0.4 is 9.04 Å². The lowest BCUT2D eigenvalue weighted by Gasteiger charge is -2.21. The number of nitrogens with zero attached hydrogens (tertiary/aromatic N) is 1. The van der Waals surface area contributed by atoms with Gasteiger partial charge in [0.15, 0.2) is 0 Å². The van der Waals surface area contributed by atoms with E-state index in [1.807, 2.05) is 55.5 Å². The highest BCUT2D eigenvalue weighted by Crippen LogP contribution is 2.31. The molecule has 0 aliphatic heterocycles. The maximum atomic E-state index is 13.0. The van der Waals surface area contributed by atoms with E-state index in [4.69, 9.17) is 4.74 Å². The third kappa shape index (κ3) is 2.83. The van der Waals surface area contributed by atoms with Gasteiger partial charge in [0.2, 0.25) is 0 Å². The summed E-state index contributed by atoms with van der Waals surface area (Å²) >= 11 is 0. The van der Waals surface area contributed by atoms with Crippen molar-refractivity contribution in [3.05, 3.63) is 66.2 Å². The Morgan fingerprint density at radius 1 is 0.917 bits per heavy atom. The molecule has 5 heteroatoms. The van der Waals surface area contributed by atoms with E-state index in [2.05, 4.69) is 0 Å². The molecule has 0 radical (unpaired) electrons. The van der Waals surface area contributed by atoms with Crippen molar-refractivity contribution in [2.45, 2.75) is 11.8 Å². The quantitative estimate of drug-likeness (QED) is 0.721. The minimum absolute atomic E-state index is 0.167. The van der Waals surface area contributed by atoms with Crippen LogP contribution in [-0.2, 0) is 10.0 Å². The van der Waals surface area contributed by atoms with Crippen molar-refractivity contribution < 1.29 is 13.2 Å². The number of anilines is 1. The third-order valence-electron chi connectivity index (χ3n) is 4.05. The van der Waals surface area contributed by atoms with E-state index in [9.17, 15) is 8.42 Å². The van der Waals surface area contributed by atoms with Crippen molar-refractivity contribution in [2.75, 3.05) is 18.5 Å². The average molecular weight is 341 g/mol. The molecule has 4 nitrogen and oxygen atoms in total. The van der Waals surface area contributed by atoms with Crippen molar-refractivity contribution in [3.8, 4) is 5.75 Å². The lowest BCUT2D eigenvalue weighted by molar-refractivity contribution is 0.402. The molecule has 3 rings (SSSR count). The SMILES string of the molecule is COc1ccc(C)cc1S(=O)(=O)N(C)c1ccc2ccccc2c1. The minimum atomic E-state index is -3.72. The zero-order chi connectivity index (χ0) is 17.3. The summed E-state index contributed by atoms with van der Waals surface area (Å²) in [6.07, 6.45) is 0. The van der Waals surface area contributed by atoms with E-state index in [0.29, 0.717) is 11.4 Å². The predicted molar refractivity (Wildman–Crippen MR) is 97.3 cm³/mol. The molecule has 0 N–H and O–H groups in total. The van der Waals surface area contributed by atoms with Gasteiger partial charge < -0.3 is 4.74 Å². The summed E-state index contributed by atoms with van der Waals surface area (Å²) in [5, 5.41) is 2.06. The van der Waals surface area contributed by atoms with Gasteiger partial charge >= 0.3 is 0 Å². The molecule has 0 bridgehead atoms. The second kappa shape index (κ2) is 6.17. The van der Waals surface area contributed by atoms with Crippen molar-refractivity contribution >= 4 is 26.5 Å². The summed E-state index contributed by atoms with van der Waals surface area (Å²) in [6.45, 7) is 1.86. The summed E-state index contributed by atoms with van der Waals surface area (Å²) in [7, 11) is -0.689. The zero-order valence-electron chi connectivity index (χ0n) is 13.9. The highest BCUT2D eigenvalue weighted by Gasteiger charge is 2.25. The molecule has 0 atom stereocenters. The minimum Gasteiger partial charge on any atom is -0.495 e. The van der Waals surface area contributed by atoms with E-state index in [1.54, 1.807) is 19.2 Å². The fraction of sp³-hybridized carbons (Fsp3) is 0.158. The van der Waals surface area contributed by atoms with Gasteiger partial charge in [-0.25, -0.2) is 8.42 Å². The van der Waals surface area contributed by atoms with E-state index in [-0.39, 0.29) is 4.90 Å². The summed E-state index contributed by atoms with van der Waals surface area (Å²) in [4.78, 5) is 0.167. The maximum Gasteiger partial charge on any atom is 0.267 e. The Labute approximate surface area is 142 Å². The Balaban J connectivity index is 2.10. The van der Waals surface area contributed by atoms with E-state index in [1.165, 1.54) is 11.4 Å². The lowest BCUT2D eigenvalue weighted by atomic mass is 10.1. The first-order valence-corrected chi connectivity index (χ1v) is 9.00. The lowest BCUT2D eigenvalue weighted by Crippen LogP contribution is -2.27. The van der Waals surface area contributed by atoms with Crippen LogP contribution in [0.3, 0.4) is 0 Å². The van der Waals surface area contributed by atoms with Gasteiger partial charge in [-0.15, -0.1) is 0 Å². The molecule has 0 aliphatic rings. The van der Waals surface area contributed by atoms with E-state index >= 15 is 0 Å². The highest BCUT2D eigenvalue weighted by atomic mass is 32.2. The van der Waals surface area contributed by atoms with Gasteiger partial charge in [0.05, 0.1) is 12.8 Å². The van der Waals surface area contributed by atoms with Crippen LogP contribution in [0.15, 0.2) is 65.6 Å². The van der Waals surface area contributed by atoms with Gasteiger partial charge in [-0.1, -0.05) is 36.4 Å². The van der Waals surface area contributed by atoms with Crippen molar-refractivity contribution in [1.82, 2.24) is 0 Å². The van der Waals surface area contributed by atoms with E-state index < -0.39 is 10.0 Å². The number of ether oxygens (including phenoxy) is 1. The Hall–Kier alpha value is -2.53. The fourth-order valence-corrected chi connectivity index (χ4v) is 4.07. The molecule has 0 saturated carbocycles. The molecule has 0 spiro atoms. The van der Waals surface area contributed by atoms with Gasteiger partial charge in [0.25, 0.3) is 10.0 Å². The van der Waals surface area contributed by atoms with Gasteiger partial charge in [-0.05, 0) is 47.5 Å². The summed E-state index contributed by atoms with van der Waals surface area (Å²) < 4.78 is 32.6. The van der Waals surface area contributed by atoms with Gasteiger partial charge in [0, 0.05) is 7.05 Å². The predicted octanol–water partition coefficient (Wildman–Crippen LogP) is 3.98. The Morgan fingerprint density at radius 3 is 2.33 bits per heavy atom. The number of hydrogen-bond acceptors (Lipinski definition) is 3.